The van der Waals surface area contributed by atoms with Crippen molar-refractivity contribution >= 4 is 56.0 Å². The molecule has 0 saturated carbocycles. The maximum Gasteiger partial charge on any atom is 2.00 e. The van der Waals surface area contributed by atoms with Gasteiger partial charge in [-0.15, -0.1) is 0 Å². The summed E-state index contributed by atoms with van der Waals surface area (Å²) in [5, 5.41) is 0.747. The minimum Gasteiger partial charge on any atom is -0.854 e. The molecule has 31 heavy (non-hydrogen) atoms. The van der Waals surface area contributed by atoms with Crippen molar-refractivity contribution in [3.05, 3.63) is 0 Å². The topological polar surface area (TPSA) is 92.2 Å². The monoisotopic (exact) mass is 702 g/mol. The zero-order chi connectivity index (χ0) is 22.7. The molecular formula is C18H40O4P2S4Zn3. The molecule has 4 unspecified atom stereocenters. The SMILES string of the molecule is CCCCC(C)S(C(C)C)=P([O-])([O-])[S-].CCCCC(C)S(C(C)C)=P([O-])([O-])[S-].[Zn+2].[Zn+2].[Zn+2]. The number of hydrogen-bond acceptors (Lipinski definition) is 6. The molecule has 0 radical (unpaired) electrons. The van der Waals surface area contributed by atoms with Crippen LogP contribution in [0.15, 0.2) is 0 Å². The third-order valence-electron chi connectivity index (χ3n) is 4.24. The van der Waals surface area contributed by atoms with Crippen LogP contribution in [-0.4, -0.2) is 21.0 Å². The van der Waals surface area contributed by atoms with Crippen LogP contribution in [0.5, 0.6) is 0 Å². The summed E-state index contributed by atoms with van der Waals surface area (Å²) in [5.41, 5.74) is -7.13. The van der Waals surface area contributed by atoms with Crippen LogP contribution in [0.4, 0.5) is 0 Å². The van der Waals surface area contributed by atoms with E-state index >= 15 is 0 Å². The minimum absolute atomic E-state index is 0. The Hall–Kier alpha value is 3.97. The number of rotatable bonds is 10. The standard InChI is InChI=1S/2C9H20O2PS2.3Zn/c2*1-5-6-7-9(4)14(8(2)3)12(10,11)13;;;/h2*8-9H,5-7H2,1-4H3;;;/q2*-3;3*+2. The predicted octanol–water partition coefficient (Wildman–Crippen LogP) is 3.07. The quantitative estimate of drug-likeness (QED) is 0.197. The van der Waals surface area contributed by atoms with Crippen LogP contribution in [0.3, 0.4) is 0 Å². The summed E-state index contributed by atoms with van der Waals surface area (Å²) in [6.07, 6.45) is 6.35. The van der Waals surface area contributed by atoms with Crippen molar-refractivity contribution in [2.75, 3.05) is 0 Å². The first-order valence-corrected chi connectivity index (χ1v) is 19.3. The van der Waals surface area contributed by atoms with Gasteiger partial charge in [0.1, 0.15) is 0 Å². The molecule has 0 aliphatic heterocycles. The van der Waals surface area contributed by atoms with Gasteiger partial charge in [0.25, 0.3) is 0 Å². The molecule has 0 spiro atoms. The Labute approximate surface area is 246 Å². The second-order valence-electron chi connectivity index (χ2n) is 7.59. The van der Waals surface area contributed by atoms with E-state index in [1.807, 2.05) is 41.5 Å². The van der Waals surface area contributed by atoms with E-state index < -0.39 is 31.5 Å². The fourth-order valence-corrected chi connectivity index (χ4v) is 19.8. The van der Waals surface area contributed by atoms with Gasteiger partial charge >= 0.3 is 58.4 Å². The number of hydrogen-bond donors (Lipinski definition) is 0. The van der Waals surface area contributed by atoms with Crippen molar-refractivity contribution in [3.63, 3.8) is 0 Å². The van der Waals surface area contributed by atoms with E-state index in [1.165, 1.54) is 0 Å². The van der Waals surface area contributed by atoms with Crippen LogP contribution in [0.1, 0.15) is 93.9 Å². The fourth-order valence-electron chi connectivity index (χ4n) is 3.11. The average molecular weight is 707 g/mol. The van der Waals surface area contributed by atoms with Gasteiger partial charge in [-0.3, -0.25) is 0 Å². The third-order valence-corrected chi connectivity index (χ3v) is 20.2. The smallest absolute Gasteiger partial charge is 0.854 e. The van der Waals surface area contributed by atoms with Crippen molar-refractivity contribution in [1.82, 2.24) is 0 Å². The molecule has 0 bridgehead atoms. The van der Waals surface area contributed by atoms with Crippen LogP contribution in [-0.2, 0) is 103 Å². The first kappa shape index (κ1) is 44.9. The van der Waals surface area contributed by atoms with Gasteiger partial charge in [0.15, 0.2) is 0 Å². The van der Waals surface area contributed by atoms with Crippen molar-refractivity contribution in [1.29, 1.82) is 0 Å². The molecule has 0 rings (SSSR count). The largest absolute Gasteiger partial charge is 2.00 e. The zero-order valence-electron chi connectivity index (χ0n) is 20.8. The molecule has 0 aliphatic rings. The van der Waals surface area contributed by atoms with Crippen LogP contribution in [0.25, 0.3) is 0 Å². The molecule has 0 N–H and O–H groups in total. The molecule has 0 aliphatic carbocycles. The van der Waals surface area contributed by atoms with Crippen LogP contribution in [0, 0.1) is 0 Å². The molecule has 0 heterocycles. The first-order chi connectivity index (χ1) is 12.6. The molecule has 13 heteroatoms. The van der Waals surface area contributed by atoms with E-state index in [4.69, 9.17) is 0 Å². The molecular weight excluding hydrogens is 667 g/mol. The zero-order valence-corrected chi connectivity index (χ0v) is 34.8. The summed E-state index contributed by atoms with van der Waals surface area (Å²) in [4.78, 5) is 45.7. The Bertz CT molecular complexity index is 491. The van der Waals surface area contributed by atoms with Crippen molar-refractivity contribution in [2.24, 2.45) is 0 Å². The molecule has 176 valence electrons. The Kier molecular flexibility index (Phi) is 33.5. The third kappa shape index (κ3) is 21.7. The summed E-state index contributed by atoms with van der Waals surface area (Å²) in [7, 11) is -1.25. The van der Waals surface area contributed by atoms with Gasteiger partial charge in [-0.05, 0) is 33.8 Å². The van der Waals surface area contributed by atoms with E-state index in [0.717, 1.165) is 38.5 Å². The summed E-state index contributed by atoms with van der Waals surface area (Å²) >= 11 is 9.24. The van der Waals surface area contributed by atoms with Gasteiger partial charge in [-0.2, -0.15) is 0 Å². The first-order valence-electron chi connectivity index (χ1n) is 10.1. The molecule has 0 aromatic rings. The van der Waals surface area contributed by atoms with Gasteiger partial charge in [0.05, 0.1) is 0 Å². The van der Waals surface area contributed by atoms with E-state index in [1.54, 1.807) is 0 Å². The van der Waals surface area contributed by atoms with Crippen LogP contribution >= 0.6 is 11.4 Å². The summed E-state index contributed by atoms with van der Waals surface area (Å²) in [6, 6.07) is 0. The van der Waals surface area contributed by atoms with Gasteiger partial charge in [-0.25, -0.2) is 20.1 Å². The van der Waals surface area contributed by atoms with E-state index in [0.29, 0.717) is 0 Å². The Morgan fingerprint density at radius 2 is 0.839 bits per heavy atom. The van der Waals surface area contributed by atoms with E-state index in [2.05, 4.69) is 38.3 Å². The normalized spacial score (nSPS) is 15.5. The summed E-state index contributed by atoms with van der Waals surface area (Å²) < 4.78 is 0. The summed E-state index contributed by atoms with van der Waals surface area (Å²) in [5.74, 6) is 0. The average Bonchev–Trinajstić information content (AvgIpc) is 2.47. The van der Waals surface area contributed by atoms with E-state index in [-0.39, 0.29) is 79.4 Å². The molecule has 0 amide bonds. The van der Waals surface area contributed by atoms with Crippen molar-refractivity contribution in [3.8, 4) is 0 Å². The van der Waals surface area contributed by atoms with Crippen molar-refractivity contribution < 1.29 is 78.0 Å². The second-order valence-corrected chi connectivity index (χ2v) is 23.9. The minimum atomic E-state index is -3.57. The molecule has 0 aromatic heterocycles. The molecule has 4 atom stereocenters. The number of unbranched alkanes of at least 4 members (excludes halogenated alkanes) is 2. The fraction of sp³-hybridized carbons (Fsp3) is 1.00. The van der Waals surface area contributed by atoms with E-state index in [9.17, 15) is 19.6 Å². The maximum atomic E-state index is 11.4. The van der Waals surface area contributed by atoms with Gasteiger partial charge in [0.2, 0.25) is 0 Å². The van der Waals surface area contributed by atoms with Gasteiger partial charge in [-0.1, -0.05) is 81.1 Å². The van der Waals surface area contributed by atoms with Gasteiger partial charge < -0.3 is 55.5 Å². The molecule has 0 aromatic carbocycles. The molecule has 4 nitrogen and oxygen atoms in total. The summed E-state index contributed by atoms with van der Waals surface area (Å²) in [6.45, 7) is 16.0. The predicted molar refractivity (Wildman–Crippen MR) is 132 cm³/mol. The Morgan fingerprint density at radius 3 is 0.968 bits per heavy atom. The van der Waals surface area contributed by atoms with Crippen molar-refractivity contribution in [2.45, 2.75) is 115 Å². The Balaban J connectivity index is -0.000000133. The second kappa shape index (κ2) is 23.1. The van der Waals surface area contributed by atoms with Crippen LogP contribution in [0.2, 0.25) is 0 Å². The molecule has 0 saturated heterocycles. The molecule has 0 fully saturated rings. The Morgan fingerprint density at radius 1 is 0.613 bits per heavy atom. The van der Waals surface area contributed by atoms with Gasteiger partial charge in [0, 0.05) is 0 Å². The maximum absolute atomic E-state index is 11.4. The van der Waals surface area contributed by atoms with Crippen LogP contribution < -0.4 is 19.6 Å².